The number of hydrogen-bond donors (Lipinski definition) is 1. The van der Waals surface area contributed by atoms with Crippen molar-refractivity contribution < 1.29 is 9.59 Å². The number of anilines is 2. The molecule has 5 rings (SSSR count). The Morgan fingerprint density at radius 2 is 1.97 bits per heavy atom. The van der Waals surface area contributed by atoms with Crippen LogP contribution in [-0.4, -0.2) is 32.9 Å². The van der Waals surface area contributed by atoms with Gasteiger partial charge in [-0.2, -0.15) is 0 Å². The standard InChI is InChI=1S/C22H19N5O2S/c28-20(24-15-6-1-3-8-18(15)26-11-5-10-21(26)29)12-27-19-9-4-2-7-16(19)25-22(27)17-13-30-14-23-17/h1-4,6-9,13-14H,5,10-12H2,(H,24,28). The predicted molar refractivity (Wildman–Crippen MR) is 117 cm³/mol. The van der Waals surface area contributed by atoms with E-state index in [0.29, 0.717) is 24.5 Å². The Bertz CT molecular complexity index is 1230. The average molecular weight is 417 g/mol. The van der Waals surface area contributed by atoms with Gasteiger partial charge in [0.15, 0.2) is 5.82 Å². The molecule has 3 heterocycles. The molecule has 1 aliphatic rings. The quantitative estimate of drug-likeness (QED) is 0.534. The summed E-state index contributed by atoms with van der Waals surface area (Å²) in [6.07, 6.45) is 1.37. The number of para-hydroxylation sites is 4. The van der Waals surface area contributed by atoms with Crippen molar-refractivity contribution in [3.63, 3.8) is 0 Å². The number of fused-ring (bicyclic) bond motifs is 1. The van der Waals surface area contributed by atoms with Gasteiger partial charge in [0.25, 0.3) is 0 Å². The van der Waals surface area contributed by atoms with Gasteiger partial charge in [-0.25, -0.2) is 9.97 Å². The molecule has 0 saturated carbocycles. The summed E-state index contributed by atoms with van der Waals surface area (Å²) in [6, 6.07) is 15.1. The molecular formula is C22H19N5O2S. The molecular weight excluding hydrogens is 398 g/mol. The summed E-state index contributed by atoms with van der Waals surface area (Å²) < 4.78 is 1.88. The van der Waals surface area contributed by atoms with E-state index in [2.05, 4.69) is 15.3 Å². The van der Waals surface area contributed by atoms with Crippen molar-refractivity contribution in [2.45, 2.75) is 19.4 Å². The monoisotopic (exact) mass is 417 g/mol. The topological polar surface area (TPSA) is 80.1 Å². The molecule has 30 heavy (non-hydrogen) atoms. The van der Waals surface area contributed by atoms with Crippen LogP contribution in [0.2, 0.25) is 0 Å². The lowest BCUT2D eigenvalue weighted by molar-refractivity contribution is -0.117. The van der Waals surface area contributed by atoms with E-state index in [1.54, 1.807) is 10.4 Å². The van der Waals surface area contributed by atoms with Crippen molar-refractivity contribution in [2.75, 3.05) is 16.8 Å². The Hall–Kier alpha value is -3.52. The van der Waals surface area contributed by atoms with Crippen LogP contribution in [-0.2, 0) is 16.1 Å². The molecule has 2 amide bonds. The van der Waals surface area contributed by atoms with E-state index >= 15 is 0 Å². The number of hydrogen-bond acceptors (Lipinski definition) is 5. The first-order valence-electron chi connectivity index (χ1n) is 9.74. The Labute approximate surface area is 177 Å². The SMILES string of the molecule is O=C(Cn1c(-c2cscn2)nc2ccccc21)Nc1ccccc1N1CCCC1=O. The summed E-state index contributed by atoms with van der Waals surface area (Å²) in [5.74, 6) is 0.562. The molecule has 7 nitrogen and oxygen atoms in total. The summed E-state index contributed by atoms with van der Waals surface area (Å²) in [5, 5.41) is 4.90. The first kappa shape index (κ1) is 18.5. The summed E-state index contributed by atoms with van der Waals surface area (Å²) in [7, 11) is 0. The van der Waals surface area contributed by atoms with Crippen molar-refractivity contribution in [3.05, 3.63) is 59.4 Å². The molecule has 1 N–H and O–H groups in total. The zero-order chi connectivity index (χ0) is 20.5. The smallest absolute Gasteiger partial charge is 0.244 e. The molecule has 0 bridgehead atoms. The van der Waals surface area contributed by atoms with Crippen LogP contribution in [0.5, 0.6) is 0 Å². The van der Waals surface area contributed by atoms with E-state index in [4.69, 9.17) is 0 Å². The van der Waals surface area contributed by atoms with Gasteiger partial charge in [-0.1, -0.05) is 24.3 Å². The normalized spacial score (nSPS) is 13.9. The largest absolute Gasteiger partial charge is 0.323 e. The second-order valence-electron chi connectivity index (χ2n) is 7.10. The highest BCUT2D eigenvalue weighted by Crippen LogP contribution is 2.30. The van der Waals surface area contributed by atoms with Crippen LogP contribution < -0.4 is 10.2 Å². The highest BCUT2D eigenvalue weighted by molar-refractivity contribution is 7.07. The molecule has 0 radical (unpaired) electrons. The number of benzene rings is 2. The van der Waals surface area contributed by atoms with Crippen LogP contribution in [0.1, 0.15) is 12.8 Å². The van der Waals surface area contributed by atoms with Crippen molar-refractivity contribution in [1.82, 2.24) is 14.5 Å². The molecule has 1 aliphatic heterocycles. The van der Waals surface area contributed by atoms with Crippen LogP contribution >= 0.6 is 11.3 Å². The van der Waals surface area contributed by atoms with E-state index in [0.717, 1.165) is 28.8 Å². The zero-order valence-electron chi connectivity index (χ0n) is 16.1. The molecule has 1 fully saturated rings. The van der Waals surface area contributed by atoms with Gasteiger partial charge in [-0.15, -0.1) is 11.3 Å². The van der Waals surface area contributed by atoms with Gasteiger partial charge in [0.05, 0.1) is 27.9 Å². The molecule has 2 aromatic heterocycles. The maximum Gasteiger partial charge on any atom is 0.244 e. The van der Waals surface area contributed by atoms with E-state index in [1.807, 2.05) is 58.5 Å². The van der Waals surface area contributed by atoms with Crippen molar-refractivity contribution >= 4 is 45.6 Å². The minimum atomic E-state index is -0.186. The van der Waals surface area contributed by atoms with Crippen LogP contribution in [0, 0.1) is 0 Å². The van der Waals surface area contributed by atoms with E-state index < -0.39 is 0 Å². The van der Waals surface area contributed by atoms with Gasteiger partial charge in [-0.3, -0.25) is 9.59 Å². The van der Waals surface area contributed by atoms with Crippen molar-refractivity contribution in [3.8, 4) is 11.5 Å². The maximum absolute atomic E-state index is 13.0. The zero-order valence-corrected chi connectivity index (χ0v) is 16.9. The molecule has 8 heteroatoms. The lowest BCUT2D eigenvalue weighted by atomic mass is 10.2. The third-order valence-corrected chi connectivity index (χ3v) is 5.75. The number of carbonyl (C=O) groups excluding carboxylic acids is 2. The molecule has 1 saturated heterocycles. The average Bonchev–Trinajstić information content (AvgIpc) is 3.49. The molecule has 0 atom stereocenters. The molecule has 0 spiro atoms. The third-order valence-electron chi connectivity index (χ3n) is 5.16. The minimum Gasteiger partial charge on any atom is -0.323 e. The second-order valence-corrected chi connectivity index (χ2v) is 7.82. The van der Waals surface area contributed by atoms with Crippen LogP contribution in [0.25, 0.3) is 22.6 Å². The van der Waals surface area contributed by atoms with E-state index in [9.17, 15) is 9.59 Å². The van der Waals surface area contributed by atoms with Crippen molar-refractivity contribution in [2.24, 2.45) is 0 Å². The first-order valence-corrected chi connectivity index (χ1v) is 10.7. The number of thiazole rings is 1. The van der Waals surface area contributed by atoms with Crippen LogP contribution in [0.4, 0.5) is 11.4 Å². The third kappa shape index (κ3) is 3.35. The predicted octanol–water partition coefficient (Wildman–Crippen LogP) is 3.93. The molecule has 2 aromatic carbocycles. The highest BCUT2D eigenvalue weighted by Gasteiger charge is 2.24. The van der Waals surface area contributed by atoms with Gasteiger partial charge < -0.3 is 14.8 Å². The molecule has 4 aromatic rings. The number of aromatic nitrogens is 3. The fourth-order valence-electron chi connectivity index (χ4n) is 3.80. The summed E-state index contributed by atoms with van der Waals surface area (Å²) in [4.78, 5) is 36.0. The Morgan fingerprint density at radius 1 is 1.13 bits per heavy atom. The first-order chi connectivity index (χ1) is 14.7. The van der Waals surface area contributed by atoms with Crippen LogP contribution in [0.15, 0.2) is 59.4 Å². The Morgan fingerprint density at radius 3 is 2.77 bits per heavy atom. The van der Waals surface area contributed by atoms with Crippen LogP contribution in [0.3, 0.4) is 0 Å². The second kappa shape index (κ2) is 7.72. The molecule has 0 unspecified atom stereocenters. The fraction of sp³-hybridized carbons (Fsp3) is 0.182. The number of nitrogens with one attached hydrogen (secondary N) is 1. The molecule has 0 aliphatic carbocycles. The fourth-order valence-corrected chi connectivity index (χ4v) is 4.34. The van der Waals surface area contributed by atoms with Gasteiger partial charge in [0.2, 0.25) is 11.8 Å². The van der Waals surface area contributed by atoms with Gasteiger partial charge in [0, 0.05) is 18.3 Å². The van der Waals surface area contributed by atoms with Gasteiger partial charge >= 0.3 is 0 Å². The summed E-state index contributed by atoms with van der Waals surface area (Å²) in [5.41, 5.74) is 5.56. The minimum absolute atomic E-state index is 0.0862. The number of rotatable bonds is 5. The number of carbonyl (C=O) groups is 2. The maximum atomic E-state index is 13.0. The lowest BCUT2D eigenvalue weighted by Crippen LogP contribution is -2.26. The number of imidazole rings is 1. The summed E-state index contributed by atoms with van der Waals surface area (Å²) in [6.45, 7) is 0.765. The highest BCUT2D eigenvalue weighted by atomic mass is 32.1. The summed E-state index contributed by atoms with van der Waals surface area (Å²) >= 11 is 1.49. The lowest BCUT2D eigenvalue weighted by Gasteiger charge is -2.20. The van der Waals surface area contributed by atoms with E-state index in [1.165, 1.54) is 11.3 Å². The van der Waals surface area contributed by atoms with Gasteiger partial charge in [-0.05, 0) is 30.7 Å². The Kier molecular flexibility index (Phi) is 4.76. The number of amides is 2. The van der Waals surface area contributed by atoms with Crippen molar-refractivity contribution in [1.29, 1.82) is 0 Å². The Balaban J connectivity index is 1.46. The molecule has 150 valence electrons. The van der Waals surface area contributed by atoms with E-state index in [-0.39, 0.29) is 18.4 Å². The number of nitrogens with zero attached hydrogens (tertiary/aromatic N) is 4. The van der Waals surface area contributed by atoms with Gasteiger partial charge in [0.1, 0.15) is 12.2 Å².